The van der Waals surface area contributed by atoms with E-state index in [2.05, 4.69) is 34.3 Å². The van der Waals surface area contributed by atoms with Crippen molar-refractivity contribution in [1.29, 1.82) is 0 Å². The molecule has 3 aromatic rings. The highest BCUT2D eigenvalue weighted by atomic mass is 32.1. The lowest BCUT2D eigenvalue weighted by Gasteiger charge is -2.10. The first-order valence-corrected chi connectivity index (χ1v) is 8.83. The SMILES string of the molecule is CCc1ccc2nc(C)cc(C(=O)NCCc3csc(N)n3)c2c1. The van der Waals surface area contributed by atoms with Crippen molar-refractivity contribution in [3.05, 3.63) is 52.2 Å². The number of thiazole rings is 1. The lowest BCUT2D eigenvalue weighted by Crippen LogP contribution is -2.26. The number of aryl methyl sites for hydroxylation is 2. The molecule has 124 valence electrons. The summed E-state index contributed by atoms with van der Waals surface area (Å²) >= 11 is 1.41. The van der Waals surface area contributed by atoms with Crippen LogP contribution in [0.3, 0.4) is 0 Å². The van der Waals surface area contributed by atoms with E-state index in [1.54, 1.807) is 0 Å². The van der Waals surface area contributed by atoms with Crippen molar-refractivity contribution in [3.63, 3.8) is 0 Å². The number of aromatic nitrogens is 2. The van der Waals surface area contributed by atoms with Crippen LogP contribution in [0.2, 0.25) is 0 Å². The fourth-order valence-electron chi connectivity index (χ4n) is 2.65. The summed E-state index contributed by atoms with van der Waals surface area (Å²) in [5.41, 5.74) is 10.1. The van der Waals surface area contributed by atoms with Gasteiger partial charge in [-0.2, -0.15) is 0 Å². The lowest BCUT2D eigenvalue weighted by molar-refractivity contribution is 0.0955. The van der Waals surface area contributed by atoms with Crippen molar-refractivity contribution < 1.29 is 4.79 Å². The molecule has 0 atom stereocenters. The summed E-state index contributed by atoms with van der Waals surface area (Å²) in [6.45, 7) is 4.53. The first kappa shape index (κ1) is 16.4. The van der Waals surface area contributed by atoms with Gasteiger partial charge in [0.2, 0.25) is 0 Å². The van der Waals surface area contributed by atoms with E-state index in [1.165, 1.54) is 16.9 Å². The van der Waals surface area contributed by atoms with Crippen LogP contribution in [0.5, 0.6) is 0 Å². The molecule has 0 spiro atoms. The van der Waals surface area contributed by atoms with Crippen molar-refractivity contribution >= 4 is 33.3 Å². The fourth-order valence-corrected chi connectivity index (χ4v) is 3.25. The van der Waals surface area contributed by atoms with Gasteiger partial charge in [-0.3, -0.25) is 9.78 Å². The number of carbonyl (C=O) groups excluding carboxylic acids is 1. The second-order valence-corrected chi connectivity index (χ2v) is 6.59. The van der Waals surface area contributed by atoms with Gasteiger partial charge >= 0.3 is 0 Å². The Hall–Kier alpha value is -2.47. The van der Waals surface area contributed by atoms with Crippen LogP contribution in [-0.4, -0.2) is 22.4 Å². The largest absolute Gasteiger partial charge is 0.375 e. The van der Waals surface area contributed by atoms with Crippen molar-refractivity contribution in [2.24, 2.45) is 0 Å². The molecule has 0 bridgehead atoms. The second kappa shape index (κ2) is 6.97. The van der Waals surface area contributed by atoms with E-state index in [4.69, 9.17) is 5.73 Å². The average molecular weight is 340 g/mol. The molecule has 0 radical (unpaired) electrons. The Bertz CT molecular complexity index is 888. The van der Waals surface area contributed by atoms with Gasteiger partial charge in [-0.1, -0.05) is 13.0 Å². The number of carbonyl (C=O) groups is 1. The van der Waals surface area contributed by atoms with E-state index in [0.29, 0.717) is 23.7 Å². The van der Waals surface area contributed by atoms with E-state index < -0.39 is 0 Å². The van der Waals surface area contributed by atoms with Crippen molar-refractivity contribution in [1.82, 2.24) is 15.3 Å². The number of nitrogens with two attached hydrogens (primary N) is 1. The lowest BCUT2D eigenvalue weighted by atomic mass is 10.0. The highest BCUT2D eigenvalue weighted by Crippen LogP contribution is 2.20. The number of amides is 1. The monoisotopic (exact) mass is 340 g/mol. The molecule has 0 fully saturated rings. The Labute approximate surface area is 144 Å². The van der Waals surface area contributed by atoms with E-state index in [-0.39, 0.29) is 5.91 Å². The van der Waals surface area contributed by atoms with Gasteiger partial charge in [-0.15, -0.1) is 11.3 Å². The predicted molar refractivity (Wildman–Crippen MR) is 98.4 cm³/mol. The Morgan fingerprint density at radius 2 is 2.12 bits per heavy atom. The number of fused-ring (bicyclic) bond motifs is 1. The van der Waals surface area contributed by atoms with E-state index in [0.717, 1.165) is 28.7 Å². The number of rotatable bonds is 5. The molecular weight excluding hydrogens is 320 g/mol. The molecule has 0 unspecified atom stereocenters. The van der Waals surface area contributed by atoms with Gasteiger partial charge < -0.3 is 11.1 Å². The summed E-state index contributed by atoms with van der Waals surface area (Å²) in [6, 6.07) is 7.94. The maximum absolute atomic E-state index is 12.6. The fraction of sp³-hybridized carbons (Fsp3) is 0.278. The smallest absolute Gasteiger partial charge is 0.252 e. The Morgan fingerprint density at radius 1 is 1.29 bits per heavy atom. The van der Waals surface area contributed by atoms with Gasteiger partial charge in [0.25, 0.3) is 5.91 Å². The molecule has 0 aliphatic carbocycles. The zero-order chi connectivity index (χ0) is 17.1. The van der Waals surface area contributed by atoms with Crippen LogP contribution in [0.25, 0.3) is 10.9 Å². The summed E-state index contributed by atoms with van der Waals surface area (Å²) in [4.78, 5) is 21.3. The third-order valence-electron chi connectivity index (χ3n) is 3.89. The quantitative estimate of drug-likeness (QED) is 0.748. The Kier molecular flexibility index (Phi) is 4.76. The minimum Gasteiger partial charge on any atom is -0.375 e. The summed E-state index contributed by atoms with van der Waals surface area (Å²) in [5.74, 6) is -0.0815. The molecule has 2 aromatic heterocycles. The van der Waals surface area contributed by atoms with Gasteiger partial charge in [0.15, 0.2) is 5.13 Å². The Morgan fingerprint density at radius 3 is 2.83 bits per heavy atom. The minimum absolute atomic E-state index is 0.0815. The maximum Gasteiger partial charge on any atom is 0.252 e. The third-order valence-corrected chi connectivity index (χ3v) is 4.61. The number of anilines is 1. The van der Waals surface area contributed by atoms with Crippen LogP contribution in [0.4, 0.5) is 5.13 Å². The van der Waals surface area contributed by atoms with Crippen LogP contribution < -0.4 is 11.1 Å². The zero-order valence-electron chi connectivity index (χ0n) is 13.8. The molecule has 0 aliphatic rings. The summed E-state index contributed by atoms with van der Waals surface area (Å²) < 4.78 is 0. The number of hydrogen-bond acceptors (Lipinski definition) is 5. The molecule has 3 N–H and O–H groups in total. The standard InChI is InChI=1S/C18H20N4OS/c1-3-12-4-5-16-14(9-12)15(8-11(2)21-16)17(23)20-7-6-13-10-24-18(19)22-13/h4-5,8-10H,3,6-7H2,1-2H3,(H2,19,22)(H,20,23). The predicted octanol–water partition coefficient (Wildman–Crippen LogP) is 3.12. The van der Waals surface area contributed by atoms with Gasteiger partial charge in [0.05, 0.1) is 16.8 Å². The number of benzene rings is 1. The molecule has 24 heavy (non-hydrogen) atoms. The highest BCUT2D eigenvalue weighted by molar-refractivity contribution is 7.13. The maximum atomic E-state index is 12.6. The van der Waals surface area contributed by atoms with E-state index >= 15 is 0 Å². The van der Waals surface area contributed by atoms with Crippen molar-refractivity contribution in [2.75, 3.05) is 12.3 Å². The summed E-state index contributed by atoms with van der Waals surface area (Å²) in [7, 11) is 0. The molecular formula is C18H20N4OS. The second-order valence-electron chi connectivity index (χ2n) is 5.70. The van der Waals surface area contributed by atoms with Crippen LogP contribution in [0.1, 0.15) is 34.2 Å². The highest BCUT2D eigenvalue weighted by Gasteiger charge is 2.12. The van der Waals surface area contributed by atoms with E-state index in [1.807, 2.05) is 24.4 Å². The van der Waals surface area contributed by atoms with Gasteiger partial charge in [0, 0.05) is 29.4 Å². The molecule has 6 heteroatoms. The molecule has 2 heterocycles. The normalized spacial score (nSPS) is 10.9. The number of hydrogen-bond donors (Lipinski definition) is 2. The van der Waals surface area contributed by atoms with Crippen LogP contribution in [0.15, 0.2) is 29.6 Å². The molecule has 5 nitrogen and oxygen atoms in total. The molecule has 1 amide bonds. The molecule has 0 saturated carbocycles. The minimum atomic E-state index is -0.0815. The number of nitrogens with zero attached hydrogens (tertiary/aromatic N) is 2. The number of nitrogens with one attached hydrogen (secondary N) is 1. The van der Waals surface area contributed by atoms with Crippen molar-refractivity contribution in [2.45, 2.75) is 26.7 Å². The van der Waals surface area contributed by atoms with Crippen LogP contribution in [0, 0.1) is 6.92 Å². The van der Waals surface area contributed by atoms with Gasteiger partial charge in [0.1, 0.15) is 0 Å². The first-order chi connectivity index (χ1) is 11.6. The van der Waals surface area contributed by atoms with Gasteiger partial charge in [-0.05, 0) is 37.1 Å². The van der Waals surface area contributed by atoms with Crippen molar-refractivity contribution in [3.8, 4) is 0 Å². The average Bonchev–Trinajstić information content (AvgIpc) is 2.98. The third kappa shape index (κ3) is 3.54. The molecule has 3 rings (SSSR count). The molecule has 1 aromatic carbocycles. The van der Waals surface area contributed by atoms with E-state index in [9.17, 15) is 4.79 Å². The summed E-state index contributed by atoms with van der Waals surface area (Å²) in [6.07, 6.45) is 1.60. The van der Waals surface area contributed by atoms with Gasteiger partial charge in [-0.25, -0.2) is 4.98 Å². The molecule has 0 aliphatic heterocycles. The molecule has 0 saturated heterocycles. The van der Waals surface area contributed by atoms with Crippen LogP contribution in [-0.2, 0) is 12.8 Å². The topological polar surface area (TPSA) is 80.9 Å². The first-order valence-electron chi connectivity index (χ1n) is 7.95. The number of nitrogen functional groups attached to an aromatic ring is 1. The number of pyridine rings is 1. The Balaban J connectivity index is 1.80. The van der Waals surface area contributed by atoms with Crippen LogP contribution >= 0.6 is 11.3 Å². The summed E-state index contributed by atoms with van der Waals surface area (Å²) in [5, 5.41) is 6.34. The zero-order valence-corrected chi connectivity index (χ0v) is 14.6.